The molecule has 4 nitrogen and oxygen atoms in total. The van der Waals surface area contributed by atoms with Crippen LogP contribution in [0, 0.1) is 5.92 Å². The molecule has 17 heavy (non-hydrogen) atoms. The van der Waals surface area contributed by atoms with Crippen LogP contribution in [0.15, 0.2) is 24.3 Å². The Labute approximate surface area is 99.8 Å². The van der Waals surface area contributed by atoms with Gasteiger partial charge in [0.25, 0.3) is 5.91 Å². The van der Waals surface area contributed by atoms with E-state index < -0.39 is 5.91 Å². The topological polar surface area (TPSA) is 68.9 Å². The number of amides is 1. The third-order valence-corrected chi connectivity index (χ3v) is 2.62. The van der Waals surface area contributed by atoms with Crippen molar-refractivity contribution >= 4 is 16.8 Å². The first kappa shape index (κ1) is 11.5. The first-order valence-electron chi connectivity index (χ1n) is 5.63. The van der Waals surface area contributed by atoms with Crippen molar-refractivity contribution in [3.8, 4) is 0 Å². The summed E-state index contributed by atoms with van der Waals surface area (Å²) in [5.41, 5.74) is 7.33. The SMILES string of the molecule is CC(C)Cc1c(C(N)=O)nnc2ccccc12. The fourth-order valence-corrected chi connectivity index (χ4v) is 1.92. The van der Waals surface area contributed by atoms with Gasteiger partial charge >= 0.3 is 0 Å². The minimum Gasteiger partial charge on any atom is -0.364 e. The highest BCUT2D eigenvalue weighted by Gasteiger charge is 2.15. The molecule has 1 heterocycles. The zero-order chi connectivity index (χ0) is 12.4. The van der Waals surface area contributed by atoms with Crippen LogP contribution >= 0.6 is 0 Å². The summed E-state index contributed by atoms with van der Waals surface area (Å²) < 4.78 is 0. The van der Waals surface area contributed by atoms with Gasteiger partial charge in [-0.3, -0.25) is 4.79 Å². The molecule has 0 spiro atoms. The average Bonchev–Trinajstić information content (AvgIpc) is 2.28. The number of benzene rings is 1. The molecule has 1 amide bonds. The molecule has 0 saturated carbocycles. The Morgan fingerprint density at radius 2 is 2.00 bits per heavy atom. The van der Waals surface area contributed by atoms with E-state index in [9.17, 15) is 4.79 Å². The van der Waals surface area contributed by atoms with Crippen molar-refractivity contribution in [3.63, 3.8) is 0 Å². The van der Waals surface area contributed by atoms with Gasteiger partial charge in [-0.25, -0.2) is 0 Å². The average molecular weight is 229 g/mol. The quantitative estimate of drug-likeness (QED) is 0.874. The molecule has 0 fully saturated rings. The zero-order valence-electron chi connectivity index (χ0n) is 9.97. The van der Waals surface area contributed by atoms with Crippen molar-refractivity contribution in [2.75, 3.05) is 0 Å². The summed E-state index contributed by atoms with van der Waals surface area (Å²) in [5.74, 6) is -0.0837. The normalized spacial score (nSPS) is 11.0. The molecule has 4 heteroatoms. The summed E-state index contributed by atoms with van der Waals surface area (Å²) in [5, 5.41) is 8.92. The maximum atomic E-state index is 11.4. The van der Waals surface area contributed by atoms with Crippen LogP contribution in [-0.2, 0) is 6.42 Å². The molecule has 0 atom stereocenters. The first-order valence-corrected chi connectivity index (χ1v) is 5.63. The minimum absolute atomic E-state index is 0.289. The lowest BCUT2D eigenvalue weighted by Gasteiger charge is -2.10. The molecule has 2 rings (SSSR count). The van der Waals surface area contributed by atoms with Crippen LogP contribution in [0.5, 0.6) is 0 Å². The van der Waals surface area contributed by atoms with Gasteiger partial charge in [-0.2, -0.15) is 0 Å². The van der Waals surface area contributed by atoms with Gasteiger partial charge in [-0.1, -0.05) is 32.0 Å². The number of hydrogen-bond donors (Lipinski definition) is 1. The molecule has 0 unspecified atom stereocenters. The predicted octanol–water partition coefficient (Wildman–Crippen LogP) is 1.93. The van der Waals surface area contributed by atoms with E-state index in [1.165, 1.54) is 0 Å². The van der Waals surface area contributed by atoms with E-state index in [2.05, 4.69) is 24.0 Å². The van der Waals surface area contributed by atoms with Gasteiger partial charge in [0.15, 0.2) is 5.69 Å². The van der Waals surface area contributed by atoms with Crippen molar-refractivity contribution in [2.24, 2.45) is 11.7 Å². The van der Waals surface area contributed by atoms with Crippen molar-refractivity contribution in [2.45, 2.75) is 20.3 Å². The smallest absolute Gasteiger partial charge is 0.269 e. The number of aromatic nitrogens is 2. The molecule has 1 aromatic heterocycles. The lowest BCUT2D eigenvalue weighted by Crippen LogP contribution is -2.18. The van der Waals surface area contributed by atoms with Crippen molar-refractivity contribution < 1.29 is 4.79 Å². The highest BCUT2D eigenvalue weighted by atomic mass is 16.1. The second-order valence-electron chi connectivity index (χ2n) is 4.51. The van der Waals surface area contributed by atoms with Crippen molar-refractivity contribution in [3.05, 3.63) is 35.5 Å². The Morgan fingerprint density at radius 1 is 1.29 bits per heavy atom. The van der Waals surface area contributed by atoms with Crippen molar-refractivity contribution in [1.82, 2.24) is 10.2 Å². The van der Waals surface area contributed by atoms with E-state index >= 15 is 0 Å². The van der Waals surface area contributed by atoms with Crippen LogP contribution < -0.4 is 5.73 Å². The lowest BCUT2D eigenvalue weighted by atomic mass is 9.97. The number of carbonyl (C=O) groups is 1. The van der Waals surface area contributed by atoms with Crippen LogP contribution in [0.4, 0.5) is 0 Å². The Balaban J connectivity index is 2.70. The van der Waals surface area contributed by atoms with Gasteiger partial charge in [0.05, 0.1) is 5.52 Å². The summed E-state index contributed by atoms with van der Waals surface area (Å²) in [4.78, 5) is 11.4. The summed E-state index contributed by atoms with van der Waals surface area (Å²) in [7, 11) is 0. The second-order valence-corrected chi connectivity index (χ2v) is 4.51. The first-order chi connectivity index (χ1) is 8.09. The molecule has 0 bridgehead atoms. The lowest BCUT2D eigenvalue weighted by molar-refractivity contribution is 0.0993. The fraction of sp³-hybridized carbons (Fsp3) is 0.308. The number of primary amides is 1. The second kappa shape index (κ2) is 4.49. The summed E-state index contributed by atoms with van der Waals surface area (Å²) in [6.07, 6.45) is 0.772. The van der Waals surface area contributed by atoms with Crippen molar-refractivity contribution in [1.29, 1.82) is 0 Å². The van der Waals surface area contributed by atoms with Gasteiger partial charge in [-0.15, -0.1) is 10.2 Å². The van der Waals surface area contributed by atoms with E-state index in [4.69, 9.17) is 5.73 Å². The Bertz CT molecular complexity index is 564. The zero-order valence-corrected chi connectivity index (χ0v) is 9.97. The molecule has 0 aliphatic carbocycles. The Morgan fingerprint density at radius 3 is 2.65 bits per heavy atom. The highest BCUT2D eigenvalue weighted by Crippen LogP contribution is 2.21. The fourth-order valence-electron chi connectivity index (χ4n) is 1.92. The number of rotatable bonds is 3. The molecule has 2 N–H and O–H groups in total. The molecule has 0 saturated heterocycles. The predicted molar refractivity (Wildman–Crippen MR) is 66.6 cm³/mol. The maximum absolute atomic E-state index is 11.4. The summed E-state index contributed by atoms with van der Waals surface area (Å²) >= 11 is 0. The maximum Gasteiger partial charge on any atom is 0.269 e. The molecule has 2 aromatic rings. The molecule has 0 aliphatic heterocycles. The number of fused-ring (bicyclic) bond motifs is 1. The Hall–Kier alpha value is -1.97. The largest absolute Gasteiger partial charge is 0.364 e. The van der Waals surface area contributed by atoms with E-state index in [-0.39, 0.29) is 5.69 Å². The number of nitrogens with two attached hydrogens (primary N) is 1. The van der Waals surface area contributed by atoms with Gasteiger partial charge < -0.3 is 5.73 Å². The molecule has 88 valence electrons. The van der Waals surface area contributed by atoms with Crippen LogP contribution in [0.1, 0.15) is 29.9 Å². The molecule has 0 radical (unpaired) electrons. The monoisotopic (exact) mass is 229 g/mol. The Kier molecular flexibility index (Phi) is 3.04. The van der Waals surface area contributed by atoms with E-state index in [1.54, 1.807) is 0 Å². The molecule has 1 aromatic carbocycles. The van der Waals surface area contributed by atoms with Crippen LogP contribution in [-0.4, -0.2) is 16.1 Å². The van der Waals surface area contributed by atoms with E-state index in [0.29, 0.717) is 5.92 Å². The number of hydrogen-bond acceptors (Lipinski definition) is 3. The third kappa shape index (κ3) is 2.25. The van der Waals surface area contributed by atoms with E-state index in [0.717, 1.165) is 22.9 Å². The van der Waals surface area contributed by atoms with Crippen LogP contribution in [0.3, 0.4) is 0 Å². The molecular weight excluding hydrogens is 214 g/mol. The van der Waals surface area contributed by atoms with Crippen LogP contribution in [0.25, 0.3) is 10.9 Å². The van der Waals surface area contributed by atoms with Crippen LogP contribution in [0.2, 0.25) is 0 Å². The van der Waals surface area contributed by atoms with Gasteiger partial charge in [-0.05, 0) is 24.0 Å². The van der Waals surface area contributed by atoms with Gasteiger partial charge in [0, 0.05) is 5.39 Å². The van der Waals surface area contributed by atoms with Gasteiger partial charge in [0.1, 0.15) is 0 Å². The standard InChI is InChI=1S/C13H15N3O/c1-8(2)7-10-9-5-3-4-6-11(9)15-16-12(10)13(14)17/h3-6,8H,7H2,1-2H3,(H2,14,17). The van der Waals surface area contributed by atoms with Gasteiger partial charge in [0.2, 0.25) is 0 Å². The number of carbonyl (C=O) groups excluding carboxylic acids is 1. The summed E-state index contributed by atoms with van der Waals surface area (Å²) in [6.45, 7) is 4.19. The third-order valence-electron chi connectivity index (χ3n) is 2.62. The number of nitrogens with zero attached hydrogens (tertiary/aromatic N) is 2. The molecule has 0 aliphatic rings. The summed E-state index contributed by atoms with van der Waals surface area (Å²) in [6, 6.07) is 7.67. The highest BCUT2D eigenvalue weighted by molar-refractivity contribution is 5.97. The molecular formula is C13H15N3O. The minimum atomic E-state index is -0.515. The van der Waals surface area contributed by atoms with E-state index in [1.807, 2.05) is 24.3 Å².